The number of piperidine rings is 1. The lowest BCUT2D eigenvalue weighted by Crippen LogP contribution is -2.57. The topological polar surface area (TPSA) is 53.6 Å². The first-order chi connectivity index (χ1) is 9.74. The molecule has 5 heteroatoms. The zero-order chi connectivity index (χ0) is 16.0. The first-order valence-corrected chi connectivity index (χ1v) is 8.03. The van der Waals surface area contributed by atoms with Crippen molar-refractivity contribution in [3.8, 4) is 0 Å². The highest BCUT2D eigenvalue weighted by molar-refractivity contribution is 5.74. The summed E-state index contributed by atoms with van der Waals surface area (Å²) >= 11 is 0. The number of amides is 2. The molecule has 0 aromatic heterocycles. The van der Waals surface area contributed by atoms with E-state index in [0.717, 1.165) is 24.9 Å². The van der Waals surface area contributed by atoms with E-state index in [-0.39, 0.29) is 17.6 Å². The Morgan fingerprint density at radius 1 is 1.33 bits per heavy atom. The Morgan fingerprint density at radius 2 is 1.90 bits per heavy atom. The summed E-state index contributed by atoms with van der Waals surface area (Å²) in [5, 5.41) is 5.87. The molecule has 0 aliphatic carbocycles. The second kappa shape index (κ2) is 7.99. The lowest BCUT2D eigenvalue weighted by atomic mass is 9.88. The van der Waals surface area contributed by atoms with E-state index in [4.69, 9.17) is 4.74 Å². The van der Waals surface area contributed by atoms with Crippen molar-refractivity contribution in [1.82, 2.24) is 15.5 Å². The summed E-state index contributed by atoms with van der Waals surface area (Å²) in [6, 6.07) is -0.0983. The van der Waals surface area contributed by atoms with E-state index >= 15 is 0 Å². The predicted octanol–water partition coefficient (Wildman–Crippen LogP) is 2.08. The van der Waals surface area contributed by atoms with Crippen molar-refractivity contribution in [3.05, 3.63) is 0 Å². The number of ether oxygens (including phenoxy) is 1. The van der Waals surface area contributed by atoms with Gasteiger partial charge in [-0.05, 0) is 39.0 Å². The summed E-state index contributed by atoms with van der Waals surface area (Å²) in [4.78, 5) is 14.4. The fourth-order valence-corrected chi connectivity index (χ4v) is 3.13. The van der Waals surface area contributed by atoms with Gasteiger partial charge in [-0.15, -0.1) is 0 Å². The third kappa shape index (κ3) is 6.22. The molecule has 21 heavy (non-hydrogen) atoms. The minimum Gasteiger partial charge on any atom is -0.383 e. The Hall–Kier alpha value is -0.810. The molecular weight excluding hydrogens is 266 g/mol. The van der Waals surface area contributed by atoms with Crippen LogP contribution in [0.15, 0.2) is 0 Å². The van der Waals surface area contributed by atoms with Crippen LogP contribution in [0.2, 0.25) is 0 Å². The van der Waals surface area contributed by atoms with Crippen LogP contribution in [0, 0.1) is 11.8 Å². The van der Waals surface area contributed by atoms with Crippen molar-refractivity contribution in [3.63, 3.8) is 0 Å². The van der Waals surface area contributed by atoms with Gasteiger partial charge in [0.1, 0.15) is 0 Å². The van der Waals surface area contributed by atoms with Crippen LogP contribution in [0.3, 0.4) is 0 Å². The Bertz CT molecular complexity index is 323. The smallest absolute Gasteiger partial charge is 0.315 e. The van der Waals surface area contributed by atoms with Gasteiger partial charge in [0.15, 0.2) is 0 Å². The number of hydrogen-bond donors (Lipinski definition) is 2. The molecule has 0 aromatic carbocycles. The molecule has 1 heterocycles. The zero-order valence-electron chi connectivity index (χ0n) is 14.5. The summed E-state index contributed by atoms with van der Waals surface area (Å²) in [5.74, 6) is 1.45. The minimum atomic E-state index is -0.120. The summed E-state index contributed by atoms with van der Waals surface area (Å²) in [7, 11) is 1.64. The van der Waals surface area contributed by atoms with Gasteiger partial charge in [-0.3, -0.25) is 4.90 Å². The van der Waals surface area contributed by atoms with E-state index in [2.05, 4.69) is 43.2 Å². The molecule has 1 rings (SSSR count). The van der Waals surface area contributed by atoms with Gasteiger partial charge < -0.3 is 15.4 Å². The van der Waals surface area contributed by atoms with Gasteiger partial charge in [0, 0.05) is 32.3 Å². The molecule has 0 aromatic rings. The van der Waals surface area contributed by atoms with E-state index in [1.165, 1.54) is 6.42 Å². The molecular formula is C16H33N3O2. The number of rotatable bonds is 6. The quantitative estimate of drug-likeness (QED) is 0.789. The Morgan fingerprint density at radius 3 is 2.43 bits per heavy atom. The summed E-state index contributed by atoms with van der Waals surface area (Å²) < 4.78 is 5.02. The molecule has 1 aliphatic rings. The molecule has 3 atom stereocenters. The molecule has 0 bridgehead atoms. The summed E-state index contributed by atoms with van der Waals surface area (Å²) in [5.41, 5.74) is -0.0230. The van der Waals surface area contributed by atoms with Crippen LogP contribution in [0.4, 0.5) is 4.79 Å². The predicted molar refractivity (Wildman–Crippen MR) is 86.5 cm³/mol. The zero-order valence-corrected chi connectivity index (χ0v) is 14.5. The van der Waals surface area contributed by atoms with Crippen LogP contribution in [-0.4, -0.2) is 55.9 Å². The van der Waals surface area contributed by atoms with E-state index in [9.17, 15) is 4.79 Å². The summed E-state index contributed by atoms with van der Waals surface area (Å²) in [6.45, 7) is 14.4. The number of likely N-dealkylation sites (tertiary alicyclic amines) is 1. The molecule has 1 aliphatic heterocycles. The van der Waals surface area contributed by atoms with E-state index in [1.54, 1.807) is 7.11 Å². The molecule has 0 spiro atoms. The molecule has 1 fully saturated rings. The summed E-state index contributed by atoms with van der Waals surface area (Å²) in [6.07, 6.45) is 1.30. The lowest BCUT2D eigenvalue weighted by Gasteiger charge is -2.45. The van der Waals surface area contributed by atoms with Crippen molar-refractivity contribution >= 4 is 6.03 Å². The first kappa shape index (κ1) is 18.2. The van der Waals surface area contributed by atoms with Crippen LogP contribution < -0.4 is 10.6 Å². The normalized spacial score (nSPS) is 25.4. The third-order valence-electron chi connectivity index (χ3n) is 4.20. The maximum Gasteiger partial charge on any atom is 0.315 e. The van der Waals surface area contributed by atoms with Gasteiger partial charge in [-0.25, -0.2) is 4.79 Å². The number of methoxy groups -OCH3 is 1. The Labute approximate surface area is 129 Å². The highest BCUT2D eigenvalue weighted by Crippen LogP contribution is 2.26. The molecule has 0 radical (unpaired) electrons. The van der Waals surface area contributed by atoms with Gasteiger partial charge in [0.25, 0.3) is 0 Å². The first-order valence-electron chi connectivity index (χ1n) is 8.03. The maximum absolute atomic E-state index is 11.9. The van der Waals surface area contributed by atoms with Crippen molar-refractivity contribution in [2.24, 2.45) is 11.8 Å². The van der Waals surface area contributed by atoms with Crippen molar-refractivity contribution in [2.45, 2.75) is 52.6 Å². The molecule has 124 valence electrons. The minimum absolute atomic E-state index is 0.0214. The van der Waals surface area contributed by atoms with E-state index in [1.807, 2.05) is 6.92 Å². The van der Waals surface area contributed by atoms with Crippen molar-refractivity contribution < 1.29 is 9.53 Å². The van der Waals surface area contributed by atoms with Gasteiger partial charge >= 0.3 is 6.03 Å². The van der Waals surface area contributed by atoms with Crippen molar-refractivity contribution in [2.75, 3.05) is 33.4 Å². The lowest BCUT2D eigenvalue weighted by molar-refractivity contribution is 0.0471. The molecule has 1 saturated heterocycles. The van der Waals surface area contributed by atoms with Gasteiger partial charge in [0.2, 0.25) is 0 Å². The molecule has 2 amide bonds. The second-order valence-electron chi connectivity index (χ2n) is 7.35. The number of carbonyl (C=O) groups excluding carboxylic acids is 1. The van der Waals surface area contributed by atoms with Gasteiger partial charge in [-0.1, -0.05) is 13.8 Å². The van der Waals surface area contributed by atoms with E-state index in [0.29, 0.717) is 13.2 Å². The fourth-order valence-electron chi connectivity index (χ4n) is 3.13. The highest BCUT2D eigenvalue weighted by Gasteiger charge is 2.32. The molecule has 5 nitrogen and oxygen atoms in total. The Kier molecular flexibility index (Phi) is 6.94. The largest absolute Gasteiger partial charge is 0.383 e. The van der Waals surface area contributed by atoms with Crippen LogP contribution in [0.1, 0.15) is 41.0 Å². The average molecular weight is 299 g/mol. The van der Waals surface area contributed by atoms with Crippen LogP contribution in [-0.2, 0) is 4.74 Å². The Balaban J connectivity index is 2.43. The number of nitrogens with one attached hydrogen (secondary N) is 2. The second-order valence-corrected chi connectivity index (χ2v) is 7.35. The molecule has 2 N–H and O–H groups in total. The maximum atomic E-state index is 11.9. The number of hydrogen-bond acceptors (Lipinski definition) is 3. The highest BCUT2D eigenvalue weighted by atomic mass is 16.5. The average Bonchev–Trinajstić information content (AvgIpc) is 2.35. The van der Waals surface area contributed by atoms with Gasteiger partial charge in [0.05, 0.1) is 12.6 Å². The van der Waals surface area contributed by atoms with Crippen LogP contribution in [0.25, 0.3) is 0 Å². The number of nitrogens with zero attached hydrogens (tertiary/aromatic N) is 1. The molecule has 0 saturated carbocycles. The van der Waals surface area contributed by atoms with Crippen LogP contribution in [0.5, 0.6) is 0 Å². The SMILES string of the molecule is COCC(C)NC(=O)NCC(C)(C)N1CC(C)CC(C)C1. The van der Waals surface area contributed by atoms with Crippen LogP contribution >= 0.6 is 0 Å². The third-order valence-corrected chi connectivity index (χ3v) is 4.20. The standard InChI is InChI=1S/C16H33N3O2/c1-12-7-13(2)9-19(8-12)16(4,5)11-17-15(20)18-14(3)10-21-6/h12-14H,7-11H2,1-6H3,(H2,17,18,20). The monoisotopic (exact) mass is 299 g/mol. The van der Waals surface area contributed by atoms with E-state index < -0.39 is 0 Å². The fraction of sp³-hybridized carbons (Fsp3) is 0.938. The van der Waals surface area contributed by atoms with Crippen molar-refractivity contribution in [1.29, 1.82) is 0 Å². The number of urea groups is 1. The van der Waals surface area contributed by atoms with Gasteiger partial charge in [-0.2, -0.15) is 0 Å². The molecule has 3 unspecified atom stereocenters. The number of carbonyl (C=O) groups is 1.